The van der Waals surface area contributed by atoms with Crippen molar-refractivity contribution < 1.29 is 14.3 Å². The van der Waals surface area contributed by atoms with E-state index < -0.39 is 0 Å². The van der Waals surface area contributed by atoms with Gasteiger partial charge in [0.05, 0.1) is 29.8 Å². The van der Waals surface area contributed by atoms with Gasteiger partial charge in [0.1, 0.15) is 11.5 Å². The normalized spacial score (nSPS) is 10.3. The summed E-state index contributed by atoms with van der Waals surface area (Å²) in [6.45, 7) is 0. The molecule has 2 N–H and O–H groups in total. The molecule has 0 fully saturated rings. The third-order valence-corrected chi connectivity index (χ3v) is 3.75. The second-order valence-corrected chi connectivity index (χ2v) is 5.04. The first kappa shape index (κ1) is 15.5. The molecule has 0 aromatic heterocycles. The van der Waals surface area contributed by atoms with Crippen LogP contribution in [0, 0.1) is 0 Å². The molecule has 0 aliphatic rings. The largest absolute Gasteiger partial charge is 0.497 e. The molecule has 110 valence electrons. The van der Waals surface area contributed by atoms with Crippen LogP contribution in [0.2, 0.25) is 10.0 Å². The summed E-state index contributed by atoms with van der Waals surface area (Å²) in [4.78, 5) is 12.7. The van der Waals surface area contributed by atoms with E-state index in [0.29, 0.717) is 22.7 Å². The number of anilines is 1. The number of methoxy groups -OCH3 is 2. The third-order valence-electron chi connectivity index (χ3n) is 2.95. The van der Waals surface area contributed by atoms with Crippen molar-refractivity contribution in [3.8, 4) is 11.5 Å². The van der Waals surface area contributed by atoms with Crippen LogP contribution in [-0.4, -0.2) is 20.0 Å². The highest BCUT2D eigenvalue weighted by atomic mass is 35.5. The summed E-state index contributed by atoms with van der Waals surface area (Å²) in [5, 5.41) is 0.377. The van der Waals surface area contributed by atoms with Crippen LogP contribution in [0.5, 0.6) is 11.5 Å². The van der Waals surface area contributed by atoms with E-state index in [1.165, 1.54) is 26.4 Å². The van der Waals surface area contributed by atoms with Crippen LogP contribution >= 0.6 is 23.2 Å². The minimum Gasteiger partial charge on any atom is -0.497 e. The summed E-state index contributed by atoms with van der Waals surface area (Å²) in [7, 11) is 2.99. The molecule has 2 rings (SSSR count). The second-order valence-electron chi connectivity index (χ2n) is 4.26. The number of nitrogens with two attached hydrogens (primary N) is 1. The average Bonchev–Trinajstić information content (AvgIpc) is 2.49. The Morgan fingerprint density at radius 2 is 1.76 bits per heavy atom. The number of carbonyl (C=O) groups excluding carboxylic acids is 1. The maximum Gasteiger partial charge on any atom is 0.198 e. The molecule has 0 amide bonds. The number of ketones is 1. The molecule has 0 spiro atoms. The molecule has 0 saturated heterocycles. The van der Waals surface area contributed by atoms with Gasteiger partial charge in [-0.25, -0.2) is 0 Å². The summed E-state index contributed by atoms with van der Waals surface area (Å²) in [5.41, 5.74) is 6.61. The Balaban J connectivity index is 2.59. The Hall–Kier alpha value is -1.91. The molecule has 0 aliphatic carbocycles. The van der Waals surface area contributed by atoms with Crippen molar-refractivity contribution >= 4 is 34.7 Å². The Morgan fingerprint density at radius 3 is 2.38 bits per heavy atom. The fourth-order valence-corrected chi connectivity index (χ4v) is 2.33. The van der Waals surface area contributed by atoms with Gasteiger partial charge in [0.15, 0.2) is 5.78 Å². The fourth-order valence-electron chi connectivity index (χ4n) is 1.91. The van der Waals surface area contributed by atoms with E-state index in [0.717, 1.165) is 0 Å². The molecule has 0 heterocycles. The van der Waals surface area contributed by atoms with Crippen LogP contribution in [0.25, 0.3) is 0 Å². The number of ether oxygens (including phenoxy) is 2. The number of nitrogen functional groups attached to an aromatic ring is 1. The monoisotopic (exact) mass is 325 g/mol. The van der Waals surface area contributed by atoms with Crippen molar-refractivity contribution in [1.29, 1.82) is 0 Å². The van der Waals surface area contributed by atoms with Crippen molar-refractivity contribution in [1.82, 2.24) is 0 Å². The Bertz CT molecular complexity index is 702. The Labute approximate surface area is 132 Å². The van der Waals surface area contributed by atoms with Crippen molar-refractivity contribution in [2.24, 2.45) is 0 Å². The molecular weight excluding hydrogens is 313 g/mol. The second kappa shape index (κ2) is 6.24. The smallest absolute Gasteiger partial charge is 0.198 e. The van der Waals surface area contributed by atoms with Crippen molar-refractivity contribution in [2.75, 3.05) is 20.0 Å². The molecule has 2 aromatic carbocycles. The average molecular weight is 326 g/mol. The highest BCUT2D eigenvalue weighted by Gasteiger charge is 2.20. The topological polar surface area (TPSA) is 61.5 Å². The van der Waals surface area contributed by atoms with E-state index in [2.05, 4.69) is 0 Å². The molecule has 0 atom stereocenters. The van der Waals surface area contributed by atoms with Gasteiger partial charge in [-0.3, -0.25) is 4.79 Å². The van der Waals surface area contributed by atoms with Gasteiger partial charge in [-0.05, 0) is 30.3 Å². The van der Waals surface area contributed by atoms with E-state index in [1.54, 1.807) is 18.2 Å². The van der Waals surface area contributed by atoms with E-state index in [9.17, 15) is 4.79 Å². The maximum absolute atomic E-state index is 12.7. The van der Waals surface area contributed by atoms with Crippen LogP contribution in [0.3, 0.4) is 0 Å². The maximum atomic E-state index is 12.7. The van der Waals surface area contributed by atoms with Gasteiger partial charge >= 0.3 is 0 Å². The fraction of sp³-hybridized carbons (Fsp3) is 0.133. The lowest BCUT2D eigenvalue weighted by molar-refractivity contribution is 0.103. The third kappa shape index (κ3) is 3.06. The molecule has 21 heavy (non-hydrogen) atoms. The first-order chi connectivity index (χ1) is 9.97. The lowest BCUT2D eigenvalue weighted by Gasteiger charge is -2.11. The quantitative estimate of drug-likeness (QED) is 0.685. The molecule has 6 heteroatoms. The number of benzene rings is 2. The van der Waals surface area contributed by atoms with Crippen LogP contribution in [0.4, 0.5) is 5.69 Å². The molecule has 0 saturated carbocycles. The number of hydrogen-bond donors (Lipinski definition) is 1. The van der Waals surface area contributed by atoms with Gasteiger partial charge in [0.2, 0.25) is 0 Å². The first-order valence-corrected chi connectivity index (χ1v) is 6.74. The zero-order chi connectivity index (χ0) is 15.6. The summed E-state index contributed by atoms with van der Waals surface area (Å²) in [5.74, 6) is 0.602. The summed E-state index contributed by atoms with van der Waals surface area (Å²) < 4.78 is 10.3. The molecule has 0 bridgehead atoms. The minimum atomic E-state index is -0.343. The molecule has 0 unspecified atom stereocenters. The zero-order valence-electron chi connectivity index (χ0n) is 11.4. The van der Waals surface area contributed by atoms with Crippen molar-refractivity contribution in [2.45, 2.75) is 0 Å². The van der Waals surface area contributed by atoms with Crippen LogP contribution < -0.4 is 15.2 Å². The first-order valence-electron chi connectivity index (χ1n) is 5.99. The number of hydrogen-bond acceptors (Lipinski definition) is 4. The SMILES string of the molecule is COc1ccc(OC)c(C(=O)c2cc(N)cc(Cl)c2Cl)c1. The van der Waals surface area contributed by atoms with Gasteiger partial charge in [0.25, 0.3) is 0 Å². The van der Waals surface area contributed by atoms with Crippen molar-refractivity contribution in [3.05, 3.63) is 51.5 Å². The Kier molecular flexibility index (Phi) is 4.60. The van der Waals surface area contributed by atoms with Gasteiger partial charge in [-0.2, -0.15) is 0 Å². The molecule has 0 radical (unpaired) electrons. The highest BCUT2D eigenvalue weighted by Crippen LogP contribution is 2.33. The predicted molar refractivity (Wildman–Crippen MR) is 83.9 cm³/mol. The summed E-state index contributed by atoms with van der Waals surface area (Å²) in [6, 6.07) is 7.89. The van der Waals surface area contributed by atoms with Crippen LogP contribution in [-0.2, 0) is 0 Å². The van der Waals surface area contributed by atoms with Crippen molar-refractivity contribution in [3.63, 3.8) is 0 Å². The molecule has 2 aromatic rings. The van der Waals surface area contributed by atoms with E-state index in [4.69, 9.17) is 38.4 Å². The summed E-state index contributed by atoms with van der Waals surface area (Å²) >= 11 is 12.1. The van der Waals surface area contributed by atoms with Gasteiger partial charge in [-0.1, -0.05) is 23.2 Å². The minimum absolute atomic E-state index is 0.153. The molecular formula is C15H13Cl2NO3. The number of carbonyl (C=O) groups is 1. The predicted octanol–water partition coefficient (Wildman–Crippen LogP) is 3.82. The van der Waals surface area contributed by atoms with Gasteiger partial charge in [0, 0.05) is 11.3 Å². The lowest BCUT2D eigenvalue weighted by Crippen LogP contribution is -2.06. The standard InChI is InChI=1S/C15H13Cl2NO3/c1-20-9-3-4-13(21-2)10(7-9)15(19)11-5-8(18)6-12(16)14(11)17/h3-7H,18H2,1-2H3. The lowest BCUT2D eigenvalue weighted by atomic mass is 10.0. The van der Waals surface area contributed by atoms with E-state index >= 15 is 0 Å². The Morgan fingerprint density at radius 1 is 1.05 bits per heavy atom. The highest BCUT2D eigenvalue weighted by molar-refractivity contribution is 6.44. The number of halogens is 2. The molecule has 4 nitrogen and oxygen atoms in total. The summed E-state index contributed by atoms with van der Waals surface area (Å²) in [6.07, 6.45) is 0. The van der Waals surface area contributed by atoms with Gasteiger partial charge < -0.3 is 15.2 Å². The van der Waals surface area contributed by atoms with E-state index in [-0.39, 0.29) is 21.4 Å². The van der Waals surface area contributed by atoms with Crippen LogP contribution in [0.1, 0.15) is 15.9 Å². The van der Waals surface area contributed by atoms with E-state index in [1.807, 2.05) is 0 Å². The van der Waals surface area contributed by atoms with Gasteiger partial charge in [-0.15, -0.1) is 0 Å². The van der Waals surface area contributed by atoms with Crippen LogP contribution in [0.15, 0.2) is 30.3 Å². The molecule has 0 aliphatic heterocycles. The number of rotatable bonds is 4. The zero-order valence-corrected chi connectivity index (χ0v) is 13.0.